The van der Waals surface area contributed by atoms with E-state index >= 15 is 0 Å². The van der Waals surface area contributed by atoms with Crippen LogP contribution in [0.5, 0.6) is 11.5 Å². The highest BCUT2D eigenvalue weighted by molar-refractivity contribution is 7.92. The second-order valence-corrected chi connectivity index (χ2v) is 8.23. The Balaban J connectivity index is 1.66. The molecule has 9 heteroatoms. The minimum Gasteiger partial charge on any atom is -0.493 e. The van der Waals surface area contributed by atoms with Crippen molar-refractivity contribution in [1.82, 2.24) is 5.32 Å². The third-order valence-corrected chi connectivity index (χ3v) is 5.96. The monoisotopic (exact) mass is 420 g/mol. The first-order valence-electron chi connectivity index (χ1n) is 9.17. The van der Waals surface area contributed by atoms with Gasteiger partial charge in [-0.15, -0.1) is 0 Å². The number of nitrogens with one attached hydrogen (secondary N) is 2. The van der Waals surface area contributed by atoms with Crippen LogP contribution in [0.15, 0.2) is 47.4 Å². The number of ether oxygens (including phenoxy) is 3. The van der Waals surface area contributed by atoms with E-state index in [9.17, 15) is 13.2 Å². The molecule has 29 heavy (non-hydrogen) atoms. The Bertz CT molecular complexity index is 953. The van der Waals surface area contributed by atoms with Gasteiger partial charge in [-0.25, -0.2) is 8.42 Å². The van der Waals surface area contributed by atoms with Crippen LogP contribution in [-0.2, 0) is 14.8 Å². The van der Waals surface area contributed by atoms with Crippen LogP contribution in [0.1, 0.15) is 23.2 Å². The summed E-state index contributed by atoms with van der Waals surface area (Å²) in [6.45, 7) is 1.20. The molecule has 0 radical (unpaired) electrons. The van der Waals surface area contributed by atoms with Gasteiger partial charge in [-0.2, -0.15) is 0 Å². The Labute approximate surface area is 170 Å². The predicted octanol–water partition coefficient (Wildman–Crippen LogP) is 2.41. The first-order chi connectivity index (χ1) is 13.9. The van der Waals surface area contributed by atoms with Crippen LogP contribution in [0, 0.1) is 0 Å². The molecular weight excluding hydrogens is 396 g/mol. The summed E-state index contributed by atoms with van der Waals surface area (Å²) in [5, 5.41) is 2.83. The van der Waals surface area contributed by atoms with Gasteiger partial charge in [-0.3, -0.25) is 9.52 Å². The predicted molar refractivity (Wildman–Crippen MR) is 108 cm³/mol. The summed E-state index contributed by atoms with van der Waals surface area (Å²) in [5.41, 5.74) is 0.785. The number of amides is 1. The van der Waals surface area contributed by atoms with Crippen LogP contribution in [0.2, 0.25) is 0 Å². The van der Waals surface area contributed by atoms with Gasteiger partial charge in [0.25, 0.3) is 15.9 Å². The standard InChI is InChI=1S/C20H24N2O6S/c1-26-18-10-9-17(12-19(18)27-2)29(24,25)22-15-7-5-14(6-8-15)20(23)21-13-16-4-3-11-28-16/h5-10,12,16,22H,3-4,11,13H2,1-2H3,(H,21,23)/t16-/m1/s1. The fourth-order valence-corrected chi connectivity index (χ4v) is 4.07. The highest BCUT2D eigenvalue weighted by Crippen LogP contribution is 2.30. The zero-order chi connectivity index (χ0) is 20.9. The Kier molecular flexibility index (Phi) is 6.60. The average Bonchev–Trinajstić information content (AvgIpc) is 3.25. The largest absolute Gasteiger partial charge is 0.493 e. The van der Waals surface area contributed by atoms with Crippen molar-refractivity contribution < 1.29 is 27.4 Å². The maximum absolute atomic E-state index is 12.6. The average molecular weight is 420 g/mol. The summed E-state index contributed by atoms with van der Waals surface area (Å²) in [6.07, 6.45) is 2.01. The zero-order valence-electron chi connectivity index (χ0n) is 16.3. The maximum atomic E-state index is 12.6. The highest BCUT2D eigenvalue weighted by Gasteiger charge is 2.19. The summed E-state index contributed by atoms with van der Waals surface area (Å²) < 4.78 is 43.5. The molecule has 2 aromatic carbocycles. The molecule has 0 unspecified atom stereocenters. The van der Waals surface area contributed by atoms with E-state index in [0.29, 0.717) is 29.3 Å². The van der Waals surface area contributed by atoms with Gasteiger partial charge < -0.3 is 19.5 Å². The molecule has 1 fully saturated rings. The molecular formula is C20H24N2O6S. The lowest BCUT2D eigenvalue weighted by atomic mass is 10.2. The number of benzene rings is 2. The molecule has 0 aliphatic carbocycles. The van der Waals surface area contributed by atoms with Crippen molar-refractivity contribution >= 4 is 21.6 Å². The number of carbonyl (C=O) groups is 1. The third kappa shape index (κ3) is 5.18. The molecule has 1 saturated heterocycles. The minimum atomic E-state index is -3.83. The van der Waals surface area contributed by atoms with Crippen LogP contribution >= 0.6 is 0 Å². The first-order valence-corrected chi connectivity index (χ1v) is 10.7. The molecule has 1 aliphatic rings. The van der Waals surface area contributed by atoms with Crippen LogP contribution in [0.4, 0.5) is 5.69 Å². The molecule has 0 bridgehead atoms. The van der Waals surface area contributed by atoms with E-state index in [-0.39, 0.29) is 16.9 Å². The molecule has 0 saturated carbocycles. The molecule has 3 rings (SSSR count). The maximum Gasteiger partial charge on any atom is 0.262 e. The Hall–Kier alpha value is -2.78. The fourth-order valence-electron chi connectivity index (χ4n) is 3.00. The van der Waals surface area contributed by atoms with Crippen LogP contribution < -0.4 is 19.5 Å². The van der Waals surface area contributed by atoms with Gasteiger partial charge in [0.05, 0.1) is 25.2 Å². The van der Waals surface area contributed by atoms with Gasteiger partial charge >= 0.3 is 0 Å². The van der Waals surface area contributed by atoms with E-state index in [1.54, 1.807) is 24.3 Å². The molecule has 0 spiro atoms. The summed E-state index contributed by atoms with van der Waals surface area (Å²) >= 11 is 0. The quantitative estimate of drug-likeness (QED) is 0.680. The molecule has 1 aliphatic heterocycles. The summed E-state index contributed by atoms with van der Waals surface area (Å²) in [5.74, 6) is 0.522. The highest BCUT2D eigenvalue weighted by atomic mass is 32.2. The molecule has 8 nitrogen and oxygen atoms in total. The summed E-state index contributed by atoms with van der Waals surface area (Å²) in [6, 6.07) is 10.5. The van der Waals surface area contributed by atoms with E-state index in [1.165, 1.54) is 32.4 Å². The lowest BCUT2D eigenvalue weighted by Crippen LogP contribution is -2.31. The van der Waals surface area contributed by atoms with Crippen molar-refractivity contribution in [2.75, 3.05) is 32.1 Å². The van der Waals surface area contributed by atoms with E-state index < -0.39 is 10.0 Å². The first kappa shape index (κ1) is 20.9. The fraction of sp³-hybridized carbons (Fsp3) is 0.350. The number of carbonyl (C=O) groups excluding carboxylic acids is 1. The molecule has 2 aromatic rings. The molecule has 0 aromatic heterocycles. The normalized spacial score (nSPS) is 16.3. The molecule has 1 amide bonds. The second kappa shape index (κ2) is 9.15. The lowest BCUT2D eigenvalue weighted by Gasteiger charge is -2.13. The van der Waals surface area contributed by atoms with Crippen LogP contribution in [0.3, 0.4) is 0 Å². The minimum absolute atomic E-state index is 0.0357. The smallest absolute Gasteiger partial charge is 0.262 e. The van der Waals surface area contributed by atoms with Gasteiger partial charge in [0.1, 0.15) is 0 Å². The summed E-state index contributed by atoms with van der Waals surface area (Å²) in [7, 11) is -0.918. The van der Waals surface area contributed by atoms with Gasteiger partial charge in [-0.05, 0) is 49.2 Å². The molecule has 1 heterocycles. The Morgan fingerprint density at radius 2 is 1.83 bits per heavy atom. The molecule has 2 N–H and O–H groups in total. The number of sulfonamides is 1. The van der Waals surface area contributed by atoms with Crippen molar-refractivity contribution in [2.24, 2.45) is 0 Å². The van der Waals surface area contributed by atoms with Crippen molar-refractivity contribution in [2.45, 2.75) is 23.8 Å². The van der Waals surface area contributed by atoms with Crippen molar-refractivity contribution in [3.63, 3.8) is 0 Å². The van der Waals surface area contributed by atoms with E-state index in [4.69, 9.17) is 14.2 Å². The number of anilines is 1. The Morgan fingerprint density at radius 3 is 2.45 bits per heavy atom. The third-order valence-electron chi connectivity index (χ3n) is 4.58. The SMILES string of the molecule is COc1ccc(S(=O)(=O)Nc2ccc(C(=O)NC[C@H]3CCCO3)cc2)cc1OC. The number of hydrogen-bond acceptors (Lipinski definition) is 6. The van der Waals surface area contributed by atoms with Gasteiger partial charge in [-0.1, -0.05) is 0 Å². The number of methoxy groups -OCH3 is 2. The molecule has 156 valence electrons. The number of rotatable bonds is 8. The topological polar surface area (TPSA) is 103 Å². The summed E-state index contributed by atoms with van der Waals surface area (Å²) in [4.78, 5) is 12.3. The lowest BCUT2D eigenvalue weighted by molar-refractivity contribution is 0.0858. The Morgan fingerprint density at radius 1 is 1.10 bits per heavy atom. The van der Waals surface area contributed by atoms with Gasteiger partial charge in [0.2, 0.25) is 0 Å². The van der Waals surface area contributed by atoms with Crippen molar-refractivity contribution in [3.8, 4) is 11.5 Å². The van der Waals surface area contributed by atoms with Crippen LogP contribution in [0.25, 0.3) is 0 Å². The van der Waals surface area contributed by atoms with E-state index in [1.807, 2.05) is 0 Å². The second-order valence-electron chi connectivity index (χ2n) is 6.54. The molecule has 1 atom stereocenters. The van der Waals surface area contributed by atoms with E-state index in [2.05, 4.69) is 10.0 Å². The van der Waals surface area contributed by atoms with E-state index in [0.717, 1.165) is 19.4 Å². The number of hydrogen-bond donors (Lipinski definition) is 2. The van der Waals surface area contributed by atoms with Gasteiger partial charge in [0.15, 0.2) is 11.5 Å². The van der Waals surface area contributed by atoms with Crippen LogP contribution in [-0.4, -0.2) is 47.8 Å². The van der Waals surface area contributed by atoms with Gasteiger partial charge in [0, 0.05) is 30.5 Å². The van der Waals surface area contributed by atoms with Crippen molar-refractivity contribution in [3.05, 3.63) is 48.0 Å². The zero-order valence-corrected chi connectivity index (χ0v) is 17.1. The van der Waals surface area contributed by atoms with Crippen molar-refractivity contribution in [1.29, 1.82) is 0 Å².